The zero-order valence-corrected chi connectivity index (χ0v) is 13.9. The fourth-order valence-corrected chi connectivity index (χ4v) is 2.21. The smallest absolute Gasteiger partial charge is 0.326 e. The fraction of sp³-hybridized carbons (Fsp3) is 0.412. The first-order valence-corrected chi connectivity index (χ1v) is 7.67. The lowest BCUT2D eigenvalue weighted by Gasteiger charge is -2.24. The summed E-state index contributed by atoms with van der Waals surface area (Å²) in [5.74, 6) is -2.32. The number of rotatable bonds is 6. The van der Waals surface area contributed by atoms with Crippen molar-refractivity contribution in [2.45, 2.75) is 32.7 Å². The van der Waals surface area contributed by atoms with E-state index in [0.29, 0.717) is 0 Å². The molecule has 0 fully saturated rings. The fourth-order valence-electron chi connectivity index (χ4n) is 2.21. The Morgan fingerprint density at radius 1 is 1.12 bits per heavy atom. The molecule has 3 amide bonds. The Kier molecular flexibility index (Phi) is 5.02. The molecule has 128 valence electrons. The molecule has 7 heteroatoms. The van der Waals surface area contributed by atoms with Gasteiger partial charge in [0.2, 0.25) is 0 Å². The molecular formula is C17H20N2O5. The highest BCUT2D eigenvalue weighted by molar-refractivity contribution is 6.22. The topological polar surface area (TPSA) is 92.8 Å². The first-order valence-electron chi connectivity index (χ1n) is 7.67. The Hall–Kier alpha value is -2.70. The highest BCUT2D eigenvalue weighted by atomic mass is 16.5. The van der Waals surface area contributed by atoms with Crippen LogP contribution in [0.1, 0.15) is 47.9 Å². The average Bonchev–Trinajstić information content (AvgIpc) is 2.78. The van der Waals surface area contributed by atoms with Gasteiger partial charge in [-0.1, -0.05) is 19.1 Å². The van der Waals surface area contributed by atoms with Crippen molar-refractivity contribution in [3.05, 3.63) is 35.4 Å². The van der Waals surface area contributed by atoms with Crippen molar-refractivity contribution in [2.75, 3.05) is 13.2 Å². The molecule has 1 aliphatic rings. The molecule has 1 heterocycles. The number of nitrogens with one attached hydrogen (secondary N) is 1. The standard InChI is InChI=1S/C17H20N2O5/c1-4-17(2,3)18-13(20)10-24-14(21)9-19-15(22)11-7-5-6-8-12(11)16(19)23/h5-8H,4,9-10H2,1-3H3,(H,18,20). The van der Waals surface area contributed by atoms with Crippen LogP contribution in [0.5, 0.6) is 0 Å². The minimum Gasteiger partial charge on any atom is -0.454 e. The molecule has 0 unspecified atom stereocenters. The molecule has 1 N–H and O–H groups in total. The van der Waals surface area contributed by atoms with Gasteiger partial charge in [0.15, 0.2) is 6.61 Å². The van der Waals surface area contributed by atoms with E-state index in [1.165, 1.54) is 12.1 Å². The predicted octanol–water partition coefficient (Wildman–Crippen LogP) is 1.13. The van der Waals surface area contributed by atoms with Crippen molar-refractivity contribution < 1.29 is 23.9 Å². The monoisotopic (exact) mass is 332 g/mol. The van der Waals surface area contributed by atoms with Gasteiger partial charge in [-0.15, -0.1) is 0 Å². The molecule has 7 nitrogen and oxygen atoms in total. The highest BCUT2D eigenvalue weighted by Crippen LogP contribution is 2.22. The number of esters is 1. The van der Waals surface area contributed by atoms with Gasteiger partial charge in [0.05, 0.1) is 11.1 Å². The maximum Gasteiger partial charge on any atom is 0.326 e. The number of carbonyl (C=O) groups is 4. The third-order valence-corrected chi connectivity index (χ3v) is 3.89. The van der Waals surface area contributed by atoms with Crippen LogP contribution in [0, 0.1) is 0 Å². The van der Waals surface area contributed by atoms with Crippen molar-refractivity contribution in [3.63, 3.8) is 0 Å². The Morgan fingerprint density at radius 3 is 2.17 bits per heavy atom. The Labute approximate surface area is 140 Å². The second kappa shape index (κ2) is 6.82. The van der Waals surface area contributed by atoms with Crippen LogP contribution in [-0.2, 0) is 14.3 Å². The number of ether oxygens (including phenoxy) is 1. The first-order chi connectivity index (χ1) is 11.2. The molecule has 0 radical (unpaired) electrons. The molecule has 2 rings (SSSR count). The van der Waals surface area contributed by atoms with Gasteiger partial charge < -0.3 is 10.1 Å². The molecule has 0 aromatic heterocycles. The summed E-state index contributed by atoms with van der Waals surface area (Å²) in [4.78, 5) is 48.6. The zero-order valence-electron chi connectivity index (χ0n) is 13.9. The number of amides is 3. The van der Waals surface area contributed by atoms with Gasteiger partial charge in [0.25, 0.3) is 17.7 Å². The van der Waals surface area contributed by atoms with Gasteiger partial charge >= 0.3 is 5.97 Å². The summed E-state index contributed by atoms with van der Waals surface area (Å²) in [6.45, 7) is 4.66. The van der Waals surface area contributed by atoms with E-state index in [1.54, 1.807) is 12.1 Å². The van der Waals surface area contributed by atoms with Crippen LogP contribution in [0.2, 0.25) is 0 Å². The summed E-state index contributed by atoms with van der Waals surface area (Å²) in [6, 6.07) is 6.35. The van der Waals surface area contributed by atoms with E-state index in [4.69, 9.17) is 4.74 Å². The van der Waals surface area contributed by atoms with Crippen LogP contribution in [0.15, 0.2) is 24.3 Å². The lowest BCUT2D eigenvalue weighted by atomic mass is 10.0. The molecule has 1 aliphatic heterocycles. The number of fused-ring (bicyclic) bond motifs is 1. The number of hydrogen-bond acceptors (Lipinski definition) is 5. The number of hydrogen-bond donors (Lipinski definition) is 1. The minimum absolute atomic E-state index is 0.262. The summed E-state index contributed by atoms with van der Waals surface area (Å²) >= 11 is 0. The molecule has 0 saturated carbocycles. The Morgan fingerprint density at radius 2 is 1.67 bits per heavy atom. The third kappa shape index (κ3) is 3.79. The van der Waals surface area contributed by atoms with Crippen molar-refractivity contribution >= 4 is 23.7 Å². The van der Waals surface area contributed by atoms with Crippen molar-refractivity contribution in [2.24, 2.45) is 0 Å². The SMILES string of the molecule is CCC(C)(C)NC(=O)COC(=O)CN1C(=O)c2ccccc2C1=O. The molecule has 0 aliphatic carbocycles. The van der Waals surface area contributed by atoms with E-state index in [-0.39, 0.29) is 11.1 Å². The maximum absolute atomic E-state index is 12.1. The molecule has 0 atom stereocenters. The lowest BCUT2D eigenvalue weighted by molar-refractivity contribution is -0.149. The molecule has 1 aromatic rings. The number of carbonyl (C=O) groups excluding carboxylic acids is 4. The molecule has 1 aromatic carbocycles. The van der Waals surface area contributed by atoms with Crippen LogP contribution >= 0.6 is 0 Å². The van der Waals surface area contributed by atoms with Crippen LogP contribution in [0.3, 0.4) is 0 Å². The lowest BCUT2D eigenvalue weighted by Crippen LogP contribution is -2.45. The summed E-state index contributed by atoms with van der Waals surface area (Å²) < 4.78 is 4.85. The first kappa shape index (κ1) is 17.7. The van der Waals surface area contributed by atoms with E-state index in [9.17, 15) is 19.2 Å². The predicted molar refractivity (Wildman–Crippen MR) is 85.3 cm³/mol. The molecule has 24 heavy (non-hydrogen) atoms. The largest absolute Gasteiger partial charge is 0.454 e. The van der Waals surface area contributed by atoms with Crippen LogP contribution < -0.4 is 5.32 Å². The van der Waals surface area contributed by atoms with E-state index in [1.807, 2.05) is 20.8 Å². The number of benzene rings is 1. The van der Waals surface area contributed by atoms with Crippen LogP contribution in [0.25, 0.3) is 0 Å². The van der Waals surface area contributed by atoms with E-state index in [2.05, 4.69) is 5.32 Å². The molecule has 0 spiro atoms. The van der Waals surface area contributed by atoms with Gasteiger partial charge in [-0.2, -0.15) is 0 Å². The Balaban J connectivity index is 1.89. The molecule has 0 bridgehead atoms. The van der Waals surface area contributed by atoms with Gasteiger partial charge in [-0.25, -0.2) is 0 Å². The third-order valence-electron chi connectivity index (χ3n) is 3.89. The Bertz CT molecular complexity index is 661. The average molecular weight is 332 g/mol. The summed E-state index contributed by atoms with van der Waals surface area (Å²) in [5, 5.41) is 2.72. The van der Waals surface area contributed by atoms with Gasteiger partial charge in [0.1, 0.15) is 6.54 Å². The minimum atomic E-state index is -0.811. The molecular weight excluding hydrogens is 312 g/mol. The quantitative estimate of drug-likeness (QED) is 0.623. The van der Waals surface area contributed by atoms with Gasteiger partial charge in [-0.05, 0) is 32.4 Å². The zero-order chi connectivity index (χ0) is 17.9. The van der Waals surface area contributed by atoms with E-state index < -0.39 is 42.4 Å². The highest BCUT2D eigenvalue weighted by Gasteiger charge is 2.36. The van der Waals surface area contributed by atoms with Crippen LogP contribution in [0.4, 0.5) is 0 Å². The second-order valence-corrected chi connectivity index (χ2v) is 6.19. The number of nitrogens with zero attached hydrogens (tertiary/aromatic N) is 1. The van der Waals surface area contributed by atoms with Gasteiger partial charge in [-0.3, -0.25) is 24.1 Å². The molecule has 0 saturated heterocycles. The number of imide groups is 1. The van der Waals surface area contributed by atoms with Crippen molar-refractivity contribution in [1.82, 2.24) is 10.2 Å². The van der Waals surface area contributed by atoms with Crippen molar-refractivity contribution in [1.29, 1.82) is 0 Å². The van der Waals surface area contributed by atoms with Gasteiger partial charge in [0, 0.05) is 5.54 Å². The van der Waals surface area contributed by atoms with E-state index in [0.717, 1.165) is 11.3 Å². The maximum atomic E-state index is 12.1. The normalized spacial score (nSPS) is 13.7. The van der Waals surface area contributed by atoms with Crippen molar-refractivity contribution in [3.8, 4) is 0 Å². The summed E-state index contributed by atoms with van der Waals surface area (Å²) in [5.41, 5.74) is 0.127. The second-order valence-electron chi connectivity index (χ2n) is 6.19. The summed E-state index contributed by atoms with van der Waals surface area (Å²) in [6.07, 6.45) is 0.724. The van der Waals surface area contributed by atoms with Crippen LogP contribution in [-0.4, -0.2) is 47.3 Å². The van der Waals surface area contributed by atoms with E-state index >= 15 is 0 Å². The summed E-state index contributed by atoms with van der Waals surface area (Å²) in [7, 11) is 0.